The molecule has 0 spiro atoms. The Hall–Kier alpha value is -3.42. The Bertz CT molecular complexity index is 912. The van der Waals surface area contributed by atoms with E-state index < -0.39 is 22.4 Å². The average Bonchev–Trinajstić information content (AvgIpc) is 2.92. The van der Waals surface area contributed by atoms with Crippen LogP contribution in [0.15, 0.2) is 48.5 Å². The Morgan fingerprint density at radius 3 is 2.54 bits per heavy atom. The van der Waals surface area contributed by atoms with E-state index in [0.717, 1.165) is 16.9 Å². The monoisotopic (exact) mass is 383 g/mol. The van der Waals surface area contributed by atoms with E-state index in [9.17, 15) is 19.7 Å². The molecule has 3 rings (SSSR count). The molecule has 0 aromatic heterocycles. The van der Waals surface area contributed by atoms with Crippen molar-refractivity contribution in [2.45, 2.75) is 25.8 Å². The first kappa shape index (κ1) is 19.3. The molecule has 1 saturated heterocycles. The molecular weight excluding hydrogens is 362 g/mol. The molecule has 1 unspecified atom stereocenters. The number of imide groups is 1. The number of carbonyl (C=O) groups excluding carboxylic acids is 2. The van der Waals surface area contributed by atoms with Gasteiger partial charge in [0.25, 0.3) is 11.6 Å². The van der Waals surface area contributed by atoms with Crippen LogP contribution in [0.3, 0.4) is 0 Å². The van der Waals surface area contributed by atoms with Crippen molar-refractivity contribution in [3.8, 4) is 5.75 Å². The zero-order valence-corrected chi connectivity index (χ0v) is 15.7. The molecule has 8 heteroatoms. The number of amides is 3. The Balaban J connectivity index is 1.67. The smallest absolute Gasteiger partial charge is 0.325 e. The second-order valence-electron chi connectivity index (χ2n) is 6.67. The highest BCUT2D eigenvalue weighted by Gasteiger charge is 2.48. The lowest BCUT2D eigenvalue weighted by atomic mass is 9.92. The van der Waals surface area contributed by atoms with Crippen LogP contribution >= 0.6 is 0 Å². The number of urea groups is 1. The van der Waals surface area contributed by atoms with Gasteiger partial charge in [0.1, 0.15) is 17.9 Å². The standard InChI is InChI=1S/C20H21N3O5/c1-3-14-5-4-6-17(13-14)28-12-11-22-18(24)20(2,21-19(22)25)15-7-9-16(10-8-15)23(26)27/h4-10,13H,3,11-12H2,1-2H3,(H,21,25). The highest BCUT2D eigenvalue weighted by Crippen LogP contribution is 2.30. The third-order valence-corrected chi connectivity index (χ3v) is 4.82. The van der Waals surface area contributed by atoms with Crippen molar-refractivity contribution in [1.82, 2.24) is 10.2 Å². The van der Waals surface area contributed by atoms with Crippen LogP contribution in [0.25, 0.3) is 0 Å². The lowest BCUT2D eigenvalue weighted by Crippen LogP contribution is -2.41. The summed E-state index contributed by atoms with van der Waals surface area (Å²) in [6.45, 7) is 3.90. The highest BCUT2D eigenvalue weighted by atomic mass is 16.6. The molecule has 2 aromatic rings. The topological polar surface area (TPSA) is 102 Å². The minimum Gasteiger partial charge on any atom is -0.492 e. The quantitative estimate of drug-likeness (QED) is 0.450. The van der Waals surface area contributed by atoms with Gasteiger partial charge >= 0.3 is 6.03 Å². The van der Waals surface area contributed by atoms with Crippen molar-refractivity contribution in [3.05, 3.63) is 69.8 Å². The summed E-state index contributed by atoms with van der Waals surface area (Å²) < 4.78 is 5.67. The van der Waals surface area contributed by atoms with Crippen LogP contribution in [-0.4, -0.2) is 34.9 Å². The van der Waals surface area contributed by atoms with Gasteiger partial charge in [0, 0.05) is 12.1 Å². The van der Waals surface area contributed by atoms with Crippen LogP contribution in [0.5, 0.6) is 5.75 Å². The van der Waals surface area contributed by atoms with Crippen LogP contribution in [0.2, 0.25) is 0 Å². The largest absolute Gasteiger partial charge is 0.492 e. The summed E-state index contributed by atoms with van der Waals surface area (Å²) in [7, 11) is 0. The normalized spacial score (nSPS) is 18.9. The molecule has 146 valence electrons. The number of non-ortho nitro benzene ring substituents is 1. The third kappa shape index (κ3) is 3.66. The van der Waals surface area contributed by atoms with Crippen LogP contribution in [0.4, 0.5) is 10.5 Å². The van der Waals surface area contributed by atoms with Crippen molar-refractivity contribution >= 4 is 17.6 Å². The van der Waals surface area contributed by atoms with Crippen LogP contribution < -0.4 is 10.1 Å². The molecule has 1 heterocycles. The number of benzene rings is 2. The zero-order chi connectivity index (χ0) is 20.3. The number of rotatable bonds is 7. The molecule has 1 aliphatic rings. The average molecular weight is 383 g/mol. The zero-order valence-electron chi connectivity index (χ0n) is 15.7. The molecule has 1 N–H and O–H groups in total. The first-order chi connectivity index (χ1) is 13.3. The molecular formula is C20H21N3O5. The predicted octanol–water partition coefficient (Wildman–Crippen LogP) is 3.00. The van der Waals surface area contributed by atoms with Gasteiger partial charge in [-0.1, -0.05) is 19.1 Å². The molecule has 28 heavy (non-hydrogen) atoms. The van der Waals surface area contributed by atoms with Gasteiger partial charge in [-0.05, 0) is 48.7 Å². The van der Waals surface area contributed by atoms with E-state index >= 15 is 0 Å². The molecule has 0 radical (unpaired) electrons. The van der Waals surface area contributed by atoms with Crippen molar-refractivity contribution in [3.63, 3.8) is 0 Å². The predicted molar refractivity (Wildman–Crippen MR) is 102 cm³/mol. The van der Waals surface area contributed by atoms with Gasteiger partial charge in [-0.3, -0.25) is 19.8 Å². The van der Waals surface area contributed by atoms with Crippen molar-refractivity contribution in [2.75, 3.05) is 13.2 Å². The number of nitro benzene ring substituents is 1. The molecule has 1 aliphatic heterocycles. The van der Waals surface area contributed by atoms with Crippen LogP contribution in [0.1, 0.15) is 25.0 Å². The molecule has 0 saturated carbocycles. The van der Waals surface area contributed by atoms with E-state index in [-0.39, 0.29) is 18.8 Å². The summed E-state index contributed by atoms with van der Waals surface area (Å²) in [5.41, 5.74) is 0.270. The van der Waals surface area contributed by atoms with Crippen molar-refractivity contribution in [1.29, 1.82) is 0 Å². The van der Waals surface area contributed by atoms with E-state index in [1.165, 1.54) is 24.3 Å². The van der Waals surface area contributed by atoms with Crippen molar-refractivity contribution in [2.24, 2.45) is 0 Å². The number of hydrogen-bond donors (Lipinski definition) is 1. The Labute approximate surface area is 162 Å². The summed E-state index contributed by atoms with van der Waals surface area (Å²) in [5, 5.41) is 13.5. The summed E-state index contributed by atoms with van der Waals surface area (Å²) in [5.74, 6) is 0.266. The number of aryl methyl sites for hydroxylation is 1. The van der Waals surface area contributed by atoms with E-state index in [4.69, 9.17) is 4.74 Å². The second kappa shape index (κ2) is 7.67. The Morgan fingerprint density at radius 2 is 1.89 bits per heavy atom. The van der Waals surface area contributed by atoms with Crippen LogP contribution in [0, 0.1) is 10.1 Å². The maximum atomic E-state index is 12.9. The number of nitrogens with one attached hydrogen (secondary N) is 1. The molecule has 2 aromatic carbocycles. The van der Waals surface area contributed by atoms with Gasteiger partial charge in [0.2, 0.25) is 0 Å². The third-order valence-electron chi connectivity index (χ3n) is 4.82. The number of carbonyl (C=O) groups is 2. The minimum absolute atomic E-state index is 0.0799. The SMILES string of the molecule is CCc1cccc(OCCN2C(=O)NC(C)(c3ccc([N+](=O)[O-])cc3)C2=O)c1. The van der Waals surface area contributed by atoms with Crippen LogP contribution in [-0.2, 0) is 16.8 Å². The van der Waals surface area contributed by atoms with E-state index in [1.54, 1.807) is 6.92 Å². The van der Waals surface area contributed by atoms with Crippen molar-refractivity contribution < 1.29 is 19.2 Å². The molecule has 1 fully saturated rings. The minimum atomic E-state index is -1.27. The number of ether oxygens (including phenoxy) is 1. The number of nitrogens with zero attached hydrogens (tertiary/aromatic N) is 2. The second-order valence-corrected chi connectivity index (χ2v) is 6.67. The van der Waals surface area contributed by atoms with E-state index in [1.807, 2.05) is 31.2 Å². The van der Waals surface area contributed by atoms with E-state index in [2.05, 4.69) is 5.32 Å². The maximum Gasteiger partial charge on any atom is 0.325 e. The molecule has 3 amide bonds. The fourth-order valence-electron chi connectivity index (χ4n) is 3.12. The summed E-state index contributed by atoms with van der Waals surface area (Å²) in [6.07, 6.45) is 0.887. The maximum absolute atomic E-state index is 12.9. The number of hydrogen-bond acceptors (Lipinski definition) is 5. The lowest BCUT2D eigenvalue weighted by Gasteiger charge is -2.22. The fourth-order valence-corrected chi connectivity index (χ4v) is 3.12. The highest BCUT2D eigenvalue weighted by molar-refractivity contribution is 6.07. The van der Waals surface area contributed by atoms with Gasteiger partial charge in [-0.2, -0.15) is 0 Å². The molecule has 8 nitrogen and oxygen atoms in total. The summed E-state index contributed by atoms with van der Waals surface area (Å²) in [4.78, 5) is 36.6. The van der Waals surface area contributed by atoms with Gasteiger partial charge in [-0.25, -0.2) is 4.79 Å². The van der Waals surface area contributed by atoms with Gasteiger partial charge < -0.3 is 10.1 Å². The lowest BCUT2D eigenvalue weighted by molar-refractivity contribution is -0.384. The molecule has 1 atom stereocenters. The van der Waals surface area contributed by atoms with Gasteiger partial charge in [-0.15, -0.1) is 0 Å². The summed E-state index contributed by atoms with van der Waals surface area (Å²) in [6, 6.07) is 12.7. The Morgan fingerprint density at radius 1 is 1.18 bits per heavy atom. The molecule has 0 bridgehead atoms. The molecule has 0 aliphatic carbocycles. The van der Waals surface area contributed by atoms with Gasteiger partial charge in [0.05, 0.1) is 11.5 Å². The van der Waals surface area contributed by atoms with E-state index in [0.29, 0.717) is 11.3 Å². The fraction of sp³-hybridized carbons (Fsp3) is 0.300. The first-order valence-corrected chi connectivity index (χ1v) is 8.96. The first-order valence-electron chi connectivity index (χ1n) is 8.96. The summed E-state index contributed by atoms with van der Waals surface area (Å²) >= 11 is 0. The van der Waals surface area contributed by atoms with Gasteiger partial charge in [0.15, 0.2) is 0 Å². The number of nitro groups is 1. The Kier molecular flexibility index (Phi) is 5.30.